The molecule has 0 heterocycles. The molecular formula is C9H21LiN2. The maximum atomic E-state index is 5.69. The average Bonchev–Trinajstić information content (AvgIpc) is 1.84. The number of nitrogens with two attached hydrogens (primary N) is 2. The first-order valence-corrected chi connectivity index (χ1v) is 4.35. The van der Waals surface area contributed by atoms with Crippen molar-refractivity contribution in [2.24, 2.45) is 11.5 Å². The summed E-state index contributed by atoms with van der Waals surface area (Å²) in [4.78, 5) is 0. The summed E-state index contributed by atoms with van der Waals surface area (Å²) in [5.74, 6) is 0. The van der Waals surface area contributed by atoms with E-state index >= 15 is 0 Å². The fraction of sp³-hybridized carbons (Fsp3) is 0.778. The summed E-state index contributed by atoms with van der Waals surface area (Å²) in [5.41, 5.74) is 10.8. The summed E-state index contributed by atoms with van der Waals surface area (Å²) in [6.07, 6.45) is 1.88. The second-order valence-corrected chi connectivity index (χ2v) is 4.14. The molecule has 0 saturated carbocycles. The Balaban J connectivity index is 0. The van der Waals surface area contributed by atoms with Crippen molar-refractivity contribution in [2.75, 3.05) is 0 Å². The van der Waals surface area contributed by atoms with E-state index < -0.39 is 0 Å². The van der Waals surface area contributed by atoms with Crippen LogP contribution in [-0.2, 0) is 0 Å². The number of rotatable bonds is 2. The van der Waals surface area contributed by atoms with Crippen LogP contribution in [0.25, 0.3) is 0 Å². The van der Waals surface area contributed by atoms with Gasteiger partial charge in [0.1, 0.15) is 0 Å². The molecule has 0 rings (SSSR count). The molecule has 0 aliphatic carbocycles. The first-order chi connectivity index (χ1) is 5.16. The van der Waals surface area contributed by atoms with Crippen molar-refractivity contribution in [3.05, 3.63) is 12.7 Å². The molecule has 4 N–H and O–H groups in total. The molecule has 12 heavy (non-hydrogen) atoms. The van der Waals surface area contributed by atoms with Gasteiger partial charge in [-0.05, 0) is 27.7 Å². The topological polar surface area (TPSA) is 52.0 Å². The molecule has 0 aliphatic heterocycles. The molecule has 0 aliphatic rings. The van der Waals surface area contributed by atoms with Crippen molar-refractivity contribution in [1.82, 2.24) is 0 Å². The van der Waals surface area contributed by atoms with Gasteiger partial charge < -0.3 is 11.5 Å². The van der Waals surface area contributed by atoms with Crippen LogP contribution in [0.2, 0.25) is 5.09 Å². The van der Waals surface area contributed by atoms with Crippen LogP contribution in [0.4, 0.5) is 0 Å². The minimum atomic E-state index is -0.285. The first kappa shape index (κ1) is 14.8. The van der Waals surface area contributed by atoms with E-state index in [0.717, 1.165) is 5.09 Å². The zero-order valence-corrected chi connectivity index (χ0v) is 9.15. The van der Waals surface area contributed by atoms with Gasteiger partial charge in [0.2, 0.25) is 0 Å². The molecule has 0 fully saturated rings. The van der Waals surface area contributed by atoms with E-state index in [-0.39, 0.29) is 11.1 Å². The molecule has 0 bridgehead atoms. The molecule has 0 aromatic heterocycles. The van der Waals surface area contributed by atoms with Crippen molar-refractivity contribution >= 4 is 17.7 Å². The van der Waals surface area contributed by atoms with Crippen LogP contribution >= 0.6 is 0 Å². The quantitative estimate of drug-likeness (QED) is 0.476. The van der Waals surface area contributed by atoms with Crippen LogP contribution in [0.1, 0.15) is 27.7 Å². The zero-order chi connectivity index (χ0) is 10.4. The third kappa shape index (κ3) is 8.35. The summed E-state index contributed by atoms with van der Waals surface area (Å²) in [7, 11) is 0. The van der Waals surface area contributed by atoms with Gasteiger partial charge in [0.25, 0.3) is 0 Å². The molecule has 0 unspecified atom stereocenters. The Bertz CT molecular complexity index is 107. The van der Waals surface area contributed by atoms with Crippen LogP contribution in [-0.4, -0.2) is 28.8 Å². The van der Waals surface area contributed by atoms with E-state index in [1.54, 1.807) is 0 Å². The third-order valence-corrected chi connectivity index (χ3v) is 1.95. The fourth-order valence-corrected chi connectivity index (χ4v) is 0. The van der Waals surface area contributed by atoms with E-state index in [1.165, 1.54) is 0 Å². The normalized spacial score (nSPS) is 11.7. The van der Waals surface area contributed by atoms with Crippen LogP contribution in [0.5, 0.6) is 0 Å². The monoisotopic (exact) mass is 164 g/mol. The Kier molecular flexibility index (Phi) is 7.17. The second kappa shape index (κ2) is 5.83. The van der Waals surface area contributed by atoms with Crippen molar-refractivity contribution in [2.45, 2.75) is 43.9 Å². The Morgan fingerprint density at radius 1 is 1.17 bits per heavy atom. The predicted octanol–water partition coefficient (Wildman–Crippen LogP) is 1.22. The summed E-state index contributed by atoms with van der Waals surface area (Å²) in [6, 6.07) is 0. The van der Waals surface area contributed by atoms with E-state index in [4.69, 9.17) is 11.5 Å². The van der Waals surface area contributed by atoms with Gasteiger partial charge in [-0.3, -0.25) is 0 Å². The summed E-state index contributed by atoms with van der Waals surface area (Å²) < 4.78 is 0. The van der Waals surface area contributed by atoms with E-state index in [2.05, 4.69) is 24.3 Å². The van der Waals surface area contributed by atoms with E-state index in [9.17, 15) is 0 Å². The molecular weight excluding hydrogens is 143 g/mol. The molecule has 0 atom stereocenters. The molecule has 68 valence electrons. The molecule has 0 aromatic carbocycles. The molecule has 0 aromatic rings. The van der Waals surface area contributed by atoms with E-state index in [0.29, 0.717) is 0 Å². The maximum absolute atomic E-state index is 5.69. The average molecular weight is 164 g/mol. The molecule has 0 radical (unpaired) electrons. The third-order valence-electron chi connectivity index (χ3n) is 1.95. The molecule has 3 heteroatoms. The molecule has 0 amide bonds. The van der Waals surface area contributed by atoms with Crippen molar-refractivity contribution < 1.29 is 0 Å². The summed E-state index contributed by atoms with van der Waals surface area (Å²) in [6.45, 7) is 11.2. The van der Waals surface area contributed by atoms with Gasteiger partial charge in [-0.1, -0.05) is 0 Å². The minimum absolute atomic E-state index is 0.285. The summed E-state index contributed by atoms with van der Waals surface area (Å²) in [5, 5.41) is 1.08. The molecule has 0 spiro atoms. The van der Waals surface area contributed by atoms with Crippen LogP contribution in [0.15, 0.2) is 12.7 Å². The standard InChI is InChI=1S/C6H16N2.C3H5.Li/c1-5(2,7)6(3,4)8;1-3-2;/h7-8H2,1-4H3;3H,1-2H2;. The van der Waals surface area contributed by atoms with Gasteiger partial charge in [-0.2, -0.15) is 0 Å². The van der Waals surface area contributed by atoms with Crippen molar-refractivity contribution in [3.8, 4) is 0 Å². The molecule has 0 saturated heterocycles. The van der Waals surface area contributed by atoms with Crippen LogP contribution in [0.3, 0.4) is 0 Å². The zero-order valence-electron chi connectivity index (χ0n) is 9.15. The fourth-order valence-electron chi connectivity index (χ4n) is 0. The Hall–Kier alpha value is 0.257. The van der Waals surface area contributed by atoms with Crippen molar-refractivity contribution in [1.29, 1.82) is 0 Å². The Labute approximate surface area is 86.0 Å². The van der Waals surface area contributed by atoms with Gasteiger partial charge in [-0.25, -0.2) is 0 Å². The van der Waals surface area contributed by atoms with Gasteiger partial charge in [0.15, 0.2) is 0 Å². The molecule has 2 nitrogen and oxygen atoms in total. The van der Waals surface area contributed by atoms with Crippen LogP contribution in [0, 0.1) is 0 Å². The van der Waals surface area contributed by atoms with Gasteiger partial charge in [0, 0.05) is 11.1 Å². The number of hydrogen-bond acceptors (Lipinski definition) is 2. The summed E-state index contributed by atoms with van der Waals surface area (Å²) >= 11 is 2.06. The van der Waals surface area contributed by atoms with Crippen molar-refractivity contribution in [3.63, 3.8) is 0 Å². The van der Waals surface area contributed by atoms with Gasteiger partial charge in [-0.15, -0.1) is 0 Å². The number of hydrogen-bond donors (Lipinski definition) is 2. The van der Waals surface area contributed by atoms with Gasteiger partial charge in [0.05, 0.1) is 0 Å². The predicted molar refractivity (Wildman–Crippen MR) is 57.3 cm³/mol. The SMILES string of the molecule is CC(C)(N)C(C)(C)N.[Li][CH2]C=C. The Morgan fingerprint density at radius 2 is 1.33 bits per heavy atom. The second-order valence-electron chi connectivity index (χ2n) is 4.14. The van der Waals surface area contributed by atoms with E-state index in [1.807, 2.05) is 33.8 Å². The Morgan fingerprint density at radius 3 is 1.33 bits per heavy atom. The van der Waals surface area contributed by atoms with Gasteiger partial charge >= 0.3 is 35.5 Å². The first-order valence-electron chi connectivity index (χ1n) is 4.35. The number of allylic oxidation sites excluding steroid dienone is 1. The van der Waals surface area contributed by atoms with Crippen LogP contribution < -0.4 is 11.5 Å².